The lowest BCUT2D eigenvalue weighted by molar-refractivity contribution is 0.0908. The number of ether oxygens (including phenoxy) is 1. The molecule has 2 fully saturated rings. The van der Waals surface area contributed by atoms with Gasteiger partial charge in [0.1, 0.15) is 11.6 Å². The van der Waals surface area contributed by atoms with Gasteiger partial charge in [-0.3, -0.25) is 0 Å². The van der Waals surface area contributed by atoms with E-state index in [1.807, 2.05) is 6.92 Å². The van der Waals surface area contributed by atoms with Crippen molar-refractivity contribution in [3.63, 3.8) is 0 Å². The highest BCUT2D eigenvalue weighted by molar-refractivity contribution is 5.42. The average Bonchev–Trinajstić information content (AvgIpc) is 2.56. The first-order valence-electron chi connectivity index (χ1n) is 8.68. The highest BCUT2D eigenvalue weighted by Crippen LogP contribution is 2.28. The minimum atomic E-state index is 0.453. The second-order valence-corrected chi connectivity index (χ2v) is 6.43. The molecule has 3 rings (SSSR count). The van der Waals surface area contributed by atoms with E-state index in [4.69, 9.17) is 14.7 Å². The fourth-order valence-corrected chi connectivity index (χ4v) is 3.58. The van der Waals surface area contributed by atoms with Crippen LogP contribution >= 0.6 is 0 Å². The summed E-state index contributed by atoms with van der Waals surface area (Å²) in [6.07, 6.45) is 4.69. The first-order valence-corrected chi connectivity index (χ1v) is 8.68. The monoisotopic (exact) mass is 304 g/mol. The highest BCUT2D eigenvalue weighted by Gasteiger charge is 2.25. The number of nitrogens with one attached hydrogen (secondary N) is 1. The lowest BCUT2D eigenvalue weighted by Gasteiger charge is -2.37. The van der Waals surface area contributed by atoms with Gasteiger partial charge in [-0.15, -0.1) is 0 Å². The average molecular weight is 304 g/mol. The molecule has 2 aliphatic heterocycles. The Hall–Kier alpha value is -1.20. The number of morpholine rings is 1. The van der Waals surface area contributed by atoms with Crippen LogP contribution in [0, 0.1) is 6.92 Å². The van der Waals surface area contributed by atoms with E-state index in [1.54, 1.807) is 0 Å². The Morgan fingerprint density at radius 3 is 2.91 bits per heavy atom. The van der Waals surface area contributed by atoms with Crippen LogP contribution in [-0.4, -0.2) is 48.9 Å². The summed E-state index contributed by atoms with van der Waals surface area (Å²) in [7, 11) is 0. The Balaban J connectivity index is 1.84. The van der Waals surface area contributed by atoms with E-state index in [9.17, 15) is 0 Å². The maximum absolute atomic E-state index is 5.67. The molecule has 0 aliphatic carbocycles. The molecule has 1 aromatic rings. The Morgan fingerprint density at radius 1 is 1.32 bits per heavy atom. The number of anilines is 1. The van der Waals surface area contributed by atoms with Crippen LogP contribution in [0.1, 0.15) is 50.0 Å². The predicted octanol–water partition coefficient (Wildman–Crippen LogP) is 2.26. The molecule has 122 valence electrons. The standard InChI is InChI=1S/C17H28N4O/c1-3-4-15-12-22-10-9-21(15)17-11-16(19-13(2)20-17)14-5-7-18-8-6-14/h11,14-15,18H,3-10,12H2,1-2H3. The third-order valence-electron chi connectivity index (χ3n) is 4.75. The molecule has 0 bridgehead atoms. The summed E-state index contributed by atoms with van der Waals surface area (Å²) in [5, 5.41) is 3.43. The Bertz CT molecular complexity index is 486. The molecule has 22 heavy (non-hydrogen) atoms. The van der Waals surface area contributed by atoms with Gasteiger partial charge in [0.25, 0.3) is 0 Å². The third-order valence-corrected chi connectivity index (χ3v) is 4.75. The van der Waals surface area contributed by atoms with Crippen LogP contribution in [0.15, 0.2) is 6.07 Å². The van der Waals surface area contributed by atoms with Crippen molar-refractivity contribution in [2.75, 3.05) is 37.7 Å². The van der Waals surface area contributed by atoms with E-state index in [-0.39, 0.29) is 0 Å². The van der Waals surface area contributed by atoms with Crippen LogP contribution in [0.25, 0.3) is 0 Å². The highest BCUT2D eigenvalue weighted by atomic mass is 16.5. The van der Waals surface area contributed by atoms with Gasteiger partial charge in [-0.05, 0) is 39.3 Å². The maximum atomic E-state index is 5.67. The molecule has 1 unspecified atom stereocenters. The van der Waals surface area contributed by atoms with Crippen LogP contribution in [-0.2, 0) is 4.74 Å². The van der Waals surface area contributed by atoms with Gasteiger partial charge in [-0.2, -0.15) is 0 Å². The number of rotatable bonds is 4. The first-order chi connectivity index (χ1) is 10.8. The van der Waals surface area contributed by atoms with Crippen molar-refractivity contribution >= 4 is 5.82 Å². The van der Waals surface area contributed by atoms with E-state index >= 15 is 0 Å². The minimum absolute atomic E-state index is 0.453. The van der Waals surface area contributed by atoms with Gasteiger partial charge in [-0.25, -0.2) is 9.97 Å². The summed E-state index contributed by atoms with van der Waals surface area (Å²) in [5.41, 5.74) is 1.23. The fraction of sp³-hybridized carbons (Fsp3) is 0.765. The van der Waals surface area contributed by atoms with Crippen molar-refractivity contribution in [3.05, 3.63) is 17.6 Å². The molecule has 0 aromatic carbocycles. The lowest BCUT2D eigenvalue weighted by atomic mass is 9.94. The minimum Gasteiger partial charge on any atom is -0.377 e. The molecular formula is C17H28N4O. The Morgan fingerprint density at radius 2 is 2.14 bits per heavy atom. The summed E-state index contributed by atoms with van der Waals surface area (Å²) in [5.74, 6) is 2.57. The summed E-state index contributed by atoms with van der Waals surface area (Å²) in [6, 6.07) is 2.69. The summed E-state index contributed by atoms with van der Waals surface area (Å²) in [6.45, 7) is 9.00. The number of piperidine rings is 1. The molecule has 3 heterocycles. The van der Waals surface area contributed by atoms with E-state index in [2.05, 4.69) is 23.2 Å². The molecule has 2 saturated heterocycles. The largest absolute Gasteiger partial charge is 0.377 e. The Labute approximate surface area is 133 Å². The number of hydrogen-bond acceptors (Lipinski definition) is 5. The van der Waals surface area contributed by atoms with Gasteiger partial charge in [0, 0.05) is 24.2 Å². The third kappa shape index (κ3) is 3.58. The Kier molecular flexibility index (Phi) is 5.26. The van der Waals surface area contributed by atoms with Gasteiger partial charge in [0.05, 0.1) is 19.3 Å². The van der Waals surface area contributed by atoms with Crippen LogP contribution < -0.4 is 10.2 Å². The molecule has 0 radical (unpaired) electrons. The second-order valence-electron chi connectivity index (χ2n) is 6.43. The molecule has 5 nitrogen and oxygen atoms in total. The quantitative estimate of drug-likeness (QED) is 0.924. The van der Waals surface area contributed by atoms with E-state index in [0.29, 0.717) is 12.0 Å². The van der Waals surface area contributed by atoms with Crippen molar-refractivity contribution in [2.24, 2.45) is 0 Å². The van der Waals surface area contributed by atoms with Crippen molar-refractivity contribution in [1.29, 1.82) is 0 Å². The molecule has 2 aliphatic rings. The molecule has 0 spiro atoms. The molecule has 1 aromatic heterocycles. The number of nitrogens with zero attached hydrogens (tertiary/aromatic N) is 3. The van der Waals surface area contributed by atoms with Crippen LogP contribution in [0.3, 0.4) is 0 Å². The van der Waals surface area contributed by atoms with Gasteiger partial charge in [0.15, 0.2) is 0 Å². The van der Waals surface area contributed by atoms with Crippen molar-refractivity contribution < 1.29 is 4.74 Å². The van der Waals surface area contributed by atoms with Crippen LogP contribution in [0.2, 0.25) is 0 Å². The fourth-order valence-electron chi connectivity index (χ4n) is 3.58. The number of aromatic nitrogens is 2. The van der Waals surface area contributed by atoms with Crippen molar-refractivity contribution in [1.82, 2.24) is 15.3 Å². The summed E-state index contributed by atoms with van der Waals surface area (Å²) < 4.78 is 5.67. The first kappa shape index (κ1) is 15.7. The van der Waals surface area contributed by atoms with E-state index in [0.717, 1.165) is 50.9 Å². The van der Waals surface area contributed by atoms with Gasteiger partial charge in [-0.1, -0.05) is 13.3 Å². The van der Waals surface area contributed by atoms with Crippen LogP contribution in [0.5, 0.6) is 0 Å². The molecule has 0 amide bonds. The number of hydrogen-bond donors (Lipinski definition) is 1. The summed E-state index contributed by atoms with van der Waals surface area (Å²) in [4.78, 5) is 11.9. The van der Waals surface area contributed by atoms with Crippen molar-refractivity contribution in [3.8, 4) is 0 Å². The SMILES string of the molecule is CCCC1COCCN1c1cc(C2CCNCC2)nc(C)n1. The lowest BCUT2D eigenvalue weighted by Crippen LogP contribution is -2.46. The second kappa shape index (κ2) is 7.38. The van der Waals surface area contributed by atoms with E-state index in [1.165, 1.54) is 25.0 Å². The zero-order valence-corrected chi connectivity index (χ0v) is 13.8. The van der Waals surface area contributed by atoms with Gasteiger partial charge in [0.2, 0.25) is 0 Å². The van der Waals surface area contributed by atoms with Crippen LogP contribution in [0.4, 0.5) is 5.82 Å². The molecule has 1 atom stereocenters. The van der Waals surface area contributed by atoms with Gasteiger partial charge < -0.3 is 15.0 Å². The predicted molar refractivity (Wildman–Crippen MR) is 88.5 cm³/mol. The number of aryl methyl sites for hydroxylation is 1. The maximum Gasteiger partial charge on any atom is 0.132 e. The molecule has 1 N–H and O–H groups in total. The van der Waals surface area contributed by atoms with Gasteiger partial charge >= 0.3 is 0 Å². The van der Waals surface area contributed by atoms with Crippen molar-refractivity contribution in [2.45, 2.75) is 51.5 Å². The summed E-state index contributed by atoms with van der Waals surface area (Å²) >= 11 is 0. The zero-order valence-electron chi connectivity index (χ0n) is 13.8. The molecule has 5 heteroatoms. The molecule has 0 saturated carbocycles. The smallest absolute Gasteiger partial charge is 0.132 e. The zero-order chi connectivity index (χ0) is 15.4. The topological polar surface area (TPSA) is 50.3 Å². The normalized spacial score (nSPS) is 23.7. The van der Waals surface area contributed by atoms with E-state index < -0.39 is 0 Å². The molecular weight excluding hydrogens is 276 g/mol.